The van der Waals surface area contributed by atoms with Crippen LogP contribution >= 0.6 is 11.6 Å². The van der Waals surface area contributed by atoms with Gasteiger partial charge in [-0.1, -0.05) is 0 Å². The lowest BCUT2D eigenvalue weighted by Gasteiger charge is -2.42. The lowest BCUT2D eigenvalue weighted by molar-refractivity contribution is -0.320. The first-order valence-electron chi connectivity index (χ1n) is 5.64. The first-order chi connectivity index (χ1) is 8.92. The number of alkyl halides is 7. The number of carbonyl (C=O) groups excluding carboxylic acids is 1. The SMILES string of the molecule is CC(=O)OC1CC2C(Cl)C1NC2(C(F)(F)F)C(F)(F)F. The van der Waals surface area contributed by atoms with E-state index in [-0.39, 0.29) is 0 Å². The van der Waals surface area contributed by atoms with E-state index < -0.39 is 53.7 Å². The predicted molar refractivity (Wildman–Crippen MR) is 55.1 cm³/mol. The van der Waals surface area contributed by atoms with Gasteiger partial charge in [-0.15, -0.1) is 11.6 Å². The molecule has 1 N–H and O–H groups in total. The molecular weight excluding hydrogens is 316 g/mol. The van der Waals surface area contributed by atoms with E-state index in [1.165, 1.54) is 5.32 Å². The fourth-order valence-electron chi connectivity index (χ4n) is 3.02. The molecule has 3 nitrogen and oxygen atoms in total. The van der Waals surface area contributed by atoms with Crippen LogP contribution in [0.15, 0.2) is 0 Å². The molecule has 2 rings (SSSR count). The van der Waals surface area contributed by atoms with E-state index in [0.717, 1.165) is 6.92 Å². The van der Waals surface area contributed by atoms with Gasteiger partial charge in [0.2, 0.25) is 5.54 Å². The minimum atomic E-state index is -5.54. The van der Waals surface area contributed by atoms with Crippen molar-refractivity contribution >= 4 is 17.6 Å². The van der Waals surface area contributed by atoms with Crippen molar-refractivity contribution in [1.82, 2.24) is 5.32 Å². The zero-order chi connectivity index (χ0) is 15.5. The van der Waals surface area contributed by atoms with Gasteiger partial charge in [-0.3, -0.25) is 10.1 Å². The Bertz CT molecular complexity index is 409. The highest BCUT2D eigenvalue weighted by Crippen LogP contribution is 2.58. The van der Waals surface area contributed by atoms with Crippen LogP contribution in [0.5, 0.6) is 0 Å². The highest BCUT2D eigenvalue weighted by Gasteiger charge is 2.81. The lowest BCUT2D eigenvalue weighted by atomic mass is 9.82. The molecule has 1 saturated heterocycles. The summed E-state index contributed by atoms with van der Waals surface area (Å²) >= 11 is 5.70. The normalized spacial score (nSPS) is 36.2. The second-order valence-electron chi connectivity index (χ2n) is 4.91. The zero-order valence-corrected chi connectivity index (χ0v) is 10.7. The summed E-state index contributed by atoms with van der Waals surface area (Å²) in [5.41, 5.74) is -4.05. The minimum Gasteiger partial charge on any atom is -0.461 e. The van der Waals surface area contributed by atoms with Crippen molar-refractivity contribution in [3.8, 4) is 0 Å². The largest absolute Gasteiger partial charge is 0.461 e. The maximum atomic E-state index is 13.0. The van der Waals surface area contributed by atoms with Crippen molar-refractivity contribution < 1.29 is 35.9 Å². The Balaban J connectivity index is 2.37. The average Bonchev–Trinajstić information content (AvgIpc) is 2.66. The molecular formula is C10H10ClF6NO2. The minimum absolute atomic E-state index is 0.579. The molecule has 20 heavy (non-hydrogen) atoms. The van der Waals surface area contributed by atoms with Crippen molar-refractivity contribution in [1.29, 1.82) is 0 Å². The molecule has 1 aliphatic heterocycles. The molecule has 0 spiro atoms. The zero-order valence-electron chi connectivity index (χ0n) is 9.98. The van der Waals surface area contributed by atoms with Gasteiger partial charge >= 0.3 is 18.3 Å². The third-order valence-electron chi connectivity index (χ3n) is 3.78. The molecule has 1 saturated carbocycles. The van der Waals surface area contributed by atoms with E-state index in [2.05, 4.69) is 0 Å². The number of esters is 1. The monoisotopic (exact) mass is 325 g/mol. The molecule has 0 amide bonds. The summed E-state index contributed by atoms with van der Waals surface area (Å²) in [7, 11) is 0. The Labute approximate surface area is 114 Å². The topological polar surface area (TPSA) is 38.3 Å². The van der Waals surface area contributed by atoms with Crippen molar-refractivity contribution in [3.05, 3.63) is 0 Å². The van der Waals surface area contributed by atoms with Crippen LogP contribution < -0.4 is 5.32 Å². The summed E-state index contributed by atoms with van der Waals surface area (Å²) in [4.78, 5) is 10.8. The molecule has 1 heterocycles. The summed E-state index contributed by atoms with van der Waals surface area (Å²) in [6, 6.07) is -1.38. The molecule has 0 radical (unpaired) electrons. The van der Waals surface area contributed by atoms with Gasteiger partial charge in [0.25, 0.3) is 0 Å². The molecule has 0 aromatic heterocycles. The van der Waals surface area contributed by atoms with E-state index in [1.807, 2.05) is 0 Å². The van der Waals surface area contributed by atoms with Gasteiger partial charge in [-0.25, -0.2) is 0 Å². The van der Waals surface area contributed by atoms with E-state index in [0.29, 0.717) is 0 Å². The maximum absolute atomic E-state index is 13.0. The molecule has 2 aliphatic rings. The second kappa shape index (κ2) is 4.40. The van der Waals surface area contributed by atoms with E-state index >= 15 is 0 Å². The predicted octanol–water partition coefficient (Wildman–Crippen LogP) is 2.38. The van der Waals surface area contributed by atoms with Gasteiger partial charge in [0.15, 0.2) is 0 Å². The number of hydrogen-bond donors (Lipinski definition) is 1. The Morgan fingerprint density at radius 2 is 1.75 bits per heavy atom. The fourth-order valence-corrected chi connectivity index (χ4v) is 3.54. The van der Waals surface area contributed by atoms with Crippen LogP contribution in [0.1, 0.15) is 13.3 Å². The molecule has 4 atom stereocenters. The van der Waals surface area contributed by atoms with Gasteiger partial charge in [0.05, 0.1) is 11.4 Å². The van der Waals surface area contributed by atoms with Gasteiger partial charge in [0.1, 0.15) is 6.10 Å². The number of hydrogen-bond acceptors (Lipinski definition) is 3. The highest BCUT2D eigenvalue weighted by molar-refractivity contribution is 6.22. The first kappa shape index (κ1) is 15.7. The van der Waals surface area contributed by atoms with Crippen LogP contribution in [0.2, 0.25) is 0 Å². The Morgan fingerprint density at radius 1 is 1.25 bits per heavy atom. The molecule has 2 fully saturated rings. The van der Waals surface area contributed by atoms with Gasteiger partial charge in [-0.05, 0) is 6.42 Å². The highest BCUT2D eigenvalue weighted by atomic mass is 35.5. The van der Waals surface area contributed by atoms with Gasteiger partial charge in [0, 0.05) is 12.8 Å². The summed E-state index contributed by atoms with van der Waals surface area (Å²) in [6.45, 7) is 1.02. The van der Waals surface area contributed by atoms with Crippen LogP contribution in [-0.4, -0.2) is 41.4 Å². The number of carbonyl (C=O) groups is 1. The van der Waals surface area contributed by atoms with Gasteiger partial charge < -0.3 is 4.74 Å². The fraction of sp³-hybridized carbons (Fsp3) is 0.900. The molecule has 2 bridgehead atoms. The third kappa shape index (κ3) is 1.97. The maximum Gasteiger partial charge on any atom is 0.415 e. The van der Waals surface area contributed by atoms with E-state index in [9.17, 15) is 31.1 Å². The summed E-state index contributed by atoms with van der Waals surface area (Å²) in [5, 5.41) is 0.116. The van der Waals surface area contributed by atoms with Crippen LogP contribution in [0, 0.1) is 5.92 Å². The molecule has 1 aliphatic carbocycles. The number of halogens is 7. The second-order valence-corrected chi connectivity index (χ2v) is 5.41. The standard InChI is InChI=1S/C10H10ClF6NO2/c1-3(19)20-5-2-4-6(11)7(5)18-8(4,9(12,13)14)10(15,16)17/h4-7,18H,2H2,1H3. The quantitative estimate of drug-likeness (QED) is 0.457. The lowest BCUT2D eigenvalue weighted by Crippen LogP contribution is -2.70. The molecule has 0 aromatic carbocycles. The Morgan fingerprint density at radius 3 is 2.05 bits per heavy atom. The number of ether oxygens (including phenoxy) is 1. The van der Waals surface area contributed by atoms with Crippen molar-refractivity contribution in [2.75, 3.05) is 0 Å². The molecule has 10 heteroatoms. The third-order valence-corrected chi connectivity index (χ3v) is 4.35. The van der Waals surface area contributed by atoms with Crippen molar-refractivity contribution in [2.24, 2.45) is 5.92 Å². The average molecular weight is 326 g/mol. The smallest absolute Gasteiger partial charge is 0.415 e. The van der Waals surface area contributed by atoms with Crippen LogP contribution in [0.4, 0.5) is 26.3 Å². The van der Waals surface area contributed by atoms with Crippen LogP contribution in [-0.2, 0) is 9.53 Å². The van der Waals surface area contributed by atoms with E-state index in [4.69, 9.17) is 16.3 Å². The molecule has 116 valence electrons. The number of fused-ring (bicyclic) bond motifs is 2. The van der Waals surface area contributed by atoms with Crippen LogP contribution in [0.25, 0.3) is 0 Å². The number of nitrogens with one attached hydrogen (secondary N) is 1. The number of rotatable bonds is 1. The Hall–Kier alpha value is -0.700. The summed E-state index contributed by atoms with van der Waals surface area (Å²) in [6.07, 6.45) is -12.7. The van der Waals surface area contributed by atoms with Crippen molar-refractivity contribution in [3.63, 3.8) is 0 Å². The molecule has 4 unspecified atom stereocenters. The Kier molecular flexibility index (Phi) is 3.45. The van der Waals surface area contributed by atoms with Crippen LogP contribution in [0.3, 0.4) is 0 Å². The van der Waals surface area contributed by atoms with Gasteiger partial charge in [-0.2, -0.15) is 26.3 Å². The summed E-state index contributed by atoms with van der Waals surface area (Å²) in [5.74, 6) is -2.71. The summed E-state index contributed by atoms with van der Waals surface area (Å²) < 4.78 is 82.6. The molecule has 0 aromatic rings. The van der Waals surface area contributed by atoms with Crippen molar-refractivity contribution in [2.45, 2.75) is 48.8 Å². The number of piperidine rings is 1. The first-order valence-corrected chi connectivity index (χ1v) is 6.08. The van der Waals surface area contributed by atoms with E-state index in [1.54, 1.807) is 0 Å².